The van der Waals surface area contributed by atoms with Crippen LogP contribution in [-0.2, 0) is 11.3 Å². The number of nitrogens with two attached hydrogens (primary N) is 1. The van der Waals surface area contributed by atoms with E-state index in [1.54, 1.807) is 4.68 Å². The van der Waals surface area contributed by atoms with Crippen LogP contribution in [0, 0.1) is 0 Å². The van der Waals surface area contributed by atoms with Gasteiger partial charge in [-0.05, 0) is 13.3 Å². The Bertz CT molecular complexity index is 387. The van der Waals surface area contributed by atoms with Crippen LogP contribution >= 0.6 is 0 Å². The van der Waals surface area contributed by atoms with Crippen LogP contribution in [0.3, 0.4) is 0 Å². The Kier molecular flexibility index (Phi) is 4.81. The normalized spacial score (nSPS) is 10.3. The zero-order valence-corrected chi connectivity index (χ0v) is 10.6. The van der Waals surface area contributed by atoms with Gasteiger partial charge in [-0.2, -0.15) is 5.10 Å². The summed E-state index contributed by atoms with van der Waals surface area (Å²) in [5, 5.41) is 7.30. The topological polar surface area (TPSA) is 82.2 Å². The van der Waals surface area contributed by atoms with E-state index < -0.39 is 5.97 Å². The molecule has 96 valence electrons. The first-order valence-electron chi connectivity index (χ1n) is 5.84. The second-order valence-electron chi connectivity index (χ2n) is 3.71. The van der Waals surface area contributed by atoms with Crippen molar-refractivity contribution in [2.45, 2.75) is 33.2 Å². The molecule has 0 fully saturated rings. The number of rotatable bonds is 6. The fourth-order valence-corrected chi connectivity index (χ4v) is 1.55. The van der Waals surface area contributed by atoms with Crippen LogP contribution in [0.4, 0.5) is 11.6 Å². The molecule has 0 atom stereocenters. The number of nitrogens with zero attached hydrogens (tertiary/aromatic N) is 2. The number of hydrogen-bond donors (Lipinski definition) is 2. The Morgan fingerprint density at radius 3 is 2.76 bits per heavy atom. The molecule has 0 aromatic carbocycles. The lowest BCUT2D eigenvalue weighted by Crippen LogP contribution is -2.09. The monoisotopic (exact) mass is 240 g/mol. The first-order chi connectivity index (χ1) is 8.15. The van der Waals surface area contributed by atoms with Crippen molar-refractivity contribution >= 4 is 17.6 Å². The molecule has 0 bridgehead atoms. The van der Waals surface area contributed by atoms with Gasteiger partial charge in [0.2, 0.25) is 0 Å². The number of carbonyl (C=O) groups excluding carboxylic acids is 1. The first kappa shape index (κ1) is 13.3. The summed E-state index contributed by atoms with van der Waals surface area (Å²) in [4.78, 5) is 11.6. The Morgan fingerprint density at radius 1 is 1.53 bits per heavy atom. The lowest BCUT2D eigenvalue weighted by atomic mass is 10.3. The standard InChI is InChI=1S/C11H20N4O2/c1-4-6-7-15-9(12)8(11(16)17-3)10(14-15)13-5-2/h4-7,12H2,1-3H3,(H,13,14). The summed E-state index contributed by atoms with van der Waals surface area (Å²) >= 11 is 0. The molecule has 0 unspecified atom stereocenters. The number of aromatic nitrogens is 2. The number of unbranched alkanes of at least 4 members (excludes halogenated alkanes) is 1. The molecular weight excluding hydrogens is 220 g/mol. The lowest BCUT2D eigenvalue weighted by molar-refractivity contribution is 0.0603. The number of methoxy groups -OCH3 is 1. The minimum absolute atomic E-state index is 0.324. The Hall–Kier alpha value is -1.72. The van der Waals surface area contributed by atoms with E-state index in [-0.39, 0.29) is 0 Å². The molecule has 0 aliphatic rings. The molecule has 1 heterocycles. The van der Waals surface area contributed by atoms with E-state index in [2.05, 4.69) is 17.3 Å². The number of carbonyl (C=O) groups is 1. The SMILES string of the molecule is CCCCn1nc(NCC)c(C(=O)OC)c1N. The average molecular weight is 240 g/mol. The molecular formula is C11H20N4O2. The number of ether oxygens (including phenoxy) is 1. The highest BCUT2D eigenvalue weighted by molar-refractivity contribution is 5.99. The molecule has 0 aliphatic carbocycles. The smallest absolute Gasteiger partial charge is 0.345 e. The van der Waals surface area contributed by atoms with Gasteiger partial charge in [-0.25, -0.2) is 9.48 Å². The van der Waals surface area contributed by atoms with Crippen molar-refractivity contribution in [1.29, 1.82) is 0 Å². The summed E-state index contributed by atoms with van der Waals surface area (Å²) in [5.41, 5.74) is 6.24. The highest BCUT2D eigenvalue weighted by Gasteiger charge is 2.22. The van der Waals surface area contributed by atoms with Crippen molar-refractivity contribution in [3.63, 3.8) is 0 Å². The fourth-order valence-electron chi connectivity index (χ4n) is 1.55. The summed E-state index contributed by atoms with van der Waals surface area (Å²) in [7, 11) is 1.33. The summed E-state index contributed by atoms with van der Waals surface area (Å²) in [6, 6.07) is 0. The van der Waals surface area contributed by atoms with Gasteiger partial charge < -0.3 is 15.8 Å². The van der Waals surface area contributed by atoms with Crippen LogP contribution in [0.15, 0.2) is 0 Å². The van der Waals surface area contributed by atoms with Gasteiger partial charge in [0.05, 0.1) is 7.11 Å². The maximum absolute atomic E-state index is 11.6. The van der Waals surface area contributed by atoms with E-state index in [1.807, 2.05) is 6.92 Å². The second kappa shape index (κ2) is 6.12. The predicted molar refractivity (Wildman–Crippen MR) is 67.1 cm³/mol. The maximum Gasteiger partial charge on any atom is 0.345 e. The third-order valence-electron chi connectivity index (χ3n) is 2.45. The van der Waals surface area contributed by atoms with E-state index >= 15 is 0 Å². The number of nitrogens with one attached hydrogen (secondary N) is 1. The van der Waals surface area contributed by atoms with Crippen LogP contribution in [0.1, 0.15) is 37.0 Å². The Balaban J connectivity index is 3.06. The second-order valence-corrected chi connectivity index (χ2v) is 3.71. The molecule has 3 N–H and O–H groups in total. The summed E-state index contributed by atoms with van der Waals surface area (Å²) in [6.45, 7) is 5.40. The Labute approximate surface area is 101 Å². The summed E-state index contributed by atoms with van der Waals surface area (Å²) in [6.07, 6.45) is 2.02. The molecule has 0 aliphatic heterocycles. The number of hydrogen-bond acceptors (Lipinski definition) is 5. The average Bonchev–Trinajstić information content (AvgIpc) is 2.63. The van der Waals surface area contributed by atoms with Gasteiger partial charge in [0.15, 0.2) is 5.82 Å². The molecule has 0 saturated heterocycles. The van der Waals surface area contributed by atoms with E-state index in [1.165, 1.54) is 7.11 Å². The first-order valence-corrected chi connectivity index (χ1v) is 5.84. The molecule has 0 amide bonds. The third kappa shape index (κ3) is 2.89. The molecule has 1 aromatic rings. The van der Waals surface area contributed by atoms with E-state index in [9.17, 15) is 4.79 Å². The largest absolute Gasteiger partial charge is 0.465 e. The van der Waals surface area contributed by atoms with Crippen molar-refractivity contribution in [1.82, 2.24) is 9.78 Å². The van der Waals surface area contributed by atoms with Gasteiger partial charge in [-0.15, -0.1) is 0 Å². The maximum atomic E-state index is 11.6. The minimum atomic E-state index is -0.457. The van der Waals surface area contributed by atoms with E-state index in [0.717, 1.165) is 12.8 Å². The number of nitrogen functional groups attached to an aromatic ring is 1. The molecule has 6 nitrogen and oxygen atoms in total. The van der Waals surface area contributed by atoms with Gasteiger partial charge >= 0.3 is 5.97 Å². The van der Waals surface area contributed by atoms with Crippen LogP contribution in [0.2, 0.25) is 0 Å². The molecule has 0 spiro atoms. The minimum Gasteiger partial charge on any atom is -0.465 e. The van der Waals surface area contributed by atoms with Crippen LogP contribution in [-0.4, -0.2) is 29.4 Å². The lowest BCUT2D eigenvalue weighted by Gasteiger charge is -2.02. The van der Waals surface area contributed by atoms with Crippen molar-refractivity contribution in [3.8, 4) is 0 Å². The molecule has 17 heavy (non-hydrogen) atoms. The van der Waals surface area contributed by atoms with Gasteiger partial charge in [0, 0.05) is 13.1 Å². The van der Waals surface area contributed by atoms with Crippen molar-refractivity contribution in [3.05, 3.63) is 5.56 Å². The summed E-state index contributed by atoms with van der Waals surface area (Å²) in [5.74, 6) is 0.399. The Morgan fingerprint density at radius 2 is 2.24 bits per heavy atom. The zero-order valence-electron chi connectivity index (χ0n) is 10.6. The number of anilines is 2. The van der Waals surface area contributed by atoms with Crippen molar-refractivity contribution < 1.29 is 9.53 Å². The molecule has 1 rings (SSSR count). The zero-order chi connectivity index (χ0) is 12.8. The van der Waals surface area contributed by atoms with Crippen molar-refractivity contribution in [2.75, 3.05) is 24.7 Å². The molecule has 1 aromatic heterocycles. The highest BCUT2D eigenvalue weighted by atomic mass is 16.5. The molecule has 0 saturated carbocycles. The summed E-state index contributed by atoms with van der Waals surface area (Å²) < 4.78 is 6.36. The van der Waals surface area contributed by atoms with E-state index in [4.69, 9.17) is 10.5 Å². The molecule has 6 heteroatoms. The van der Waals surface area contributed by atoms with Crippen molar-refractivity contribution in [2.24, 2.45) is 0 Å². The number of esters is 1. The van der Waals surface area contributed by atoms with Gasteiger partial charge in [0.25, 0.3) is 0 Å². The van der Waals surface area contributed by atoms with Crippen LogP contribution < -0.4 is 11.1 Å². The van der Waals surface area contributed by atoms with Crippen LogP contribution in [0.25, 0.3) is 0 Å². The van der Waals surface area contributed by atoms with Gasteiger partial charge in [0.1, 0.15) is 11.4 Å². The molecule has 0 radical (unpaired) electrons. The highest BCUT2D eigenvalue weighted by Crippen LogP contribution is 2.22. The fraction of sp³-hybridized carbons (Fsp3) is 0.636. The third-order valence-corrected chi connectivity index (χ3v) is 2.45. The number of aryl methyl sites for hydroxylation is 1. The predicted octanol–water partition coefficient (Wildman–Crippen LogP) is 1.48. The van der Waals surface area contributed by atoms with Gasteiger partial charge in [-0.1, -0.05) is 13.3 Å². The van der Waals surface area contributed by atoms with Gasteiger partial charge in [-0.3, -0.25) is 0 Å². The van der Waals surface area contributed by atoms with Crippen LogP contribution in [0.5, 0.6) is 0 Å². The van der Waals surface area contributed by atoms with E-state index in [0.29, 0.717) is 30.3 Å². The quantitative estimate of drug-likeness (QED) is 0.736.